The normalized spacial score (nSPS) is 38.0. The molecule has 2 atom stereocenters. The molecule has 0 amide bonds. The Hall–Kier alpha value is -0.0800. The van der Waals surface area contributed by atoms with Gasteiger partial charge in [-0.15, -0.1) is 0 Å². The summed E-state index contributed by atoms with van der Waals surface area (Å²) in [7, 11) is 0. The van der Waals surface area contributed by atoms with E-state index in [1.807, 2.05) is 0 Å². The standard InChI is InChI=1S/C7H14O2/c8-6-4-2-1-3-5-7(6)9/h6-9H,1-5H2/t6-,7-/m1/s1. The topological polar surface area (TPSA) is 40.5 Å². The fourth-order valence-electron chi connectivity index (χ4n) is 1.27. The third kappa shape index (κ3) is 1.95. The van der Waals surface area contributed by atoms with Crippen molar-refractivity contribution >= 4 is 0 Å². The molecule has 0 aromatic rings. The lowest BCUT2D eigenvalue weighted by Crippen LogP contribution is -2.23. The van der Waals surface area contributed by atoms with Crippen molar-refractivity contribution in [2.24, 2.45) is 0 Å². The molecule has 2 nitrogen and oxygen atoms in total. The highest BCUT2D eigenvalue weighted by atomic mass is 16.3. The highest BCUT2D eigenvalue weighted by Crippen LogP contribution is 2.17. The second-order valence-corrected chi connectivity index (χ2v) is 2.77. The van der Waals surface area contributed by atoms with E-state index in [4.69, 9.17) is 10.2 Å². The number of aliphatic hydroxyl groups excluding tert-OH is 2. The first-order valence-electron chi connectivity index (χ1n) is 3.67. The van der Waals surface area contributed by atoms with Crippen molar-refractivity contribution in [3.8, 4) is 0 Å². The molecule has 2 N–H and O–H groups in total. The van der Waals surface area contributed by atoms with Crippen LogP contribution in [0.4, 0.5) is 0 Å². The van der Waals surface area contributed by atoms with Crippen LogP contribution in [-0.4, -0.2) is 22.4 Å². The summed E-state index contributed by atoms with van der Waals surface area (Å²) in [4.78, 5) is 0. The lowest BCUT2D eigenvalue weighted by Gasteiger charge is -2.12. The van der Waals surface area contributed by atoms with Crippen molar-refractivity contribution in [1.82, 2.24) is 0 Å². The van der Waals surface area contributed by atoms with Gasteiger partial charge in [0.1, 0.15) is 0 Å². The summed E-state index contributed by atoms with van der Waals surface area (Å²) in [5.74, 6) is 0. The fourth-order valence-corrected chi connectivity index (χ4v) is 1.27. The van der Waals surface area contributed by atoms with Crippen LogP contribution in [0.3, 0.4) is 0 Å². The van der Waals surface area contributed by atoms with Crippen molar-refractivity contribution in [2.45, 2.75) is 44.3 Å². The van der Waals surface area contributed by atoms with Gasteiger partial charge in [-0.3, -0.25) is 0 Å². The minimum absolute atomic E-state index is 0.451. The molecule has 0 heterocycles. The molecule has 1 aliphatic carbocycles. The van der Waals surface area contributed by atoms with Gasteiger partial charge < -0.3 is 10.2 Å². The molecular weight excluding hydrogens is 116 g/mol. The lowest BCUT2D eigenvalue weighted by atomic mass is 10.1. The summed E-state index contributed by atoms with van der Waals surface area (Å²) in [6, 6.07) is 0. The molecule has 0 bridgehead atoms. The van der Waals surface area contributed by atoms with E-state index in [0.29, 0.717) is 0 Å². The van der Waals surface area contributed by atoms with Crippen LogP contribution >= 0.6 is 0 Å². The van der Waals surface area contributed by atoms with Crippen molar-refractivity contribution in [2.75, 3.05) is 0 Å². The van der Waals surface area contributed by atoms with E-state index in [2.05, 4.69) is 0 Å². The highest BCUT2D eigenvalue weighted by molar-refractivity contribution is 4.70. The Bertz CT molecular complexity index is 73.0. The zero-order valence-corrected chi connectivity index (χ0v) is 5.58. The highest BCUT2D eigenvalue weighted by Gasteiger charge is 2.17. The molecular formula is C7H14O2. The quantitative estimate of drug-likeness (QED) is 0.473. The van der Waals surface area contributed by atoms with E-state index in [9.17, 15) is 0 Å². The fraction of sp³-hybridized carbons (Fsp3) is 1.00. The predicted molar refractivity (Wildman–Crippen MR) is 35.1 cm³/mol. The molecule has 1 fully saturated rings. The number of hydrogen-bond donors (Lipinski definition) is 2. The molecule has 1 saturated carbocycles. The summed E-state index contributed by atoms with van der Waals surface area (Å²) >= 11 is 0. The molecule has 1 rings (SSSR count). The number of rotatable bonds is 0. The van der Waals surface area contributed by atoms with Gasteiger partial charge in [0.25, 0.3) is 0 Å². The lowest BCUT2D eigenvalue weighted by molar-refractivity contribution is 0.0157. The monoisotopic (exact) mass is 130 g/mol. The molecule has 0 aromatic heterocycles. The zero-order valence-electron chi connectivity index (χ0n) is 5.58. The van der Waals surface area contributed by atoms with E-state index < -0.39 is 12.2 Å². The Kier molecular flexibility index (Phi) is 2.49. The molecule has 0 aromatic carbocycles. The molecule has 0 spiro atoms. The SMILES string of the molecule is O[C@@H]1CCCCC[C@H]1O. The third-order valence-electron chi connectivity index (χ3n) is 1.94. The Morgan fingerprint density at radius 1 is 0.778 bits per heavy atom. The van der Waals surface area contributed by atoms with Gasteiger partial charge in [0.2, 0.25) is 0 Å². The van der Waals surface area contributed by atoms with Gasteiger partial charge >= 0.3 is 0 Å². The molecule has 1 aliphatic rings. The average Bonchev–Trinajstić information content (AvgIpc) is 1.99. The van der Waals surface area contributed by atoms with Gasteiger partial charge in [-0.05, 0) is 12.8 Å². The molecule has 0 radical (unpaired) electrons. The van der Waals surface area contributed by atoms with Crippen LogP contribution in [-0.2, 0) is 0 Å². The van der Waals surface area contributed by atoms with E-state index in [0.717, 1.165) is 32.1 Å². The molecule has 54 valence electrons. The Labute approximate surface area is 55.5 Å². The summed E-state index contributed by atoms with van der Waals surface area (Å²) in [5, 5.41) is 18.2. The predicted octanol–water partition coefficient (Wildman–Crippen LogP) is 0.672. The van der Waals surface area contributed by atoms with Crippen LogP contribution in [0.5, 0.6) is 0 Å². The Morgan fingerprint density at radius 3 is 1.67 bits per heavy atom. The van der Waals surface area contributed by atoms with Gasteiger partial charge in [-0.25, -0.2) is 0 Å². The smallest absolute Gasteiger partial charge is 0.0799 e. The van der Waals surface area contributed by atoms with E-state index >= 15 is 0 Å². The maximum Gasteiger partial charge on any atom is 0.0799 e. The van der Waals surface area contributed by atoms with Gasteiger partial charge in [0.15, 0.2) is 0 Å². The van der Waals surface area contributed by atoms with Crippen LogP contribution in [0.25, 0.3) is 0 Å². The molecule has 2 heteroatoms. The summed E-state index contributed by atoms with van der Waals surface area (Å²) in [6.07, 6.45) is 3.95. The van der Waals surface area contributed by atoms with Crippen molar-refractivity contribution in [3.63, 3.8) is 0 Å². The van der Waals surface area contributed by atoms with E-state index in [1.54, 1.807) is 0 Å². The maximum absolute atomic E-state index is 9.11. The van der Waals surface area contributed by atoms with Crippen LogP contribution in [0.1, 0.15) is 32.1 Å². The van der Waals surface area contributed by atoms with Crippen molar-refractivity contribution < 1.29 is 10.2 Å². The largest absolute Gasteiger partial charge is 0.390 e. The number of aliphatic hydroxyl groups is 2. The second-order valence-electron chi connectivity index (χ2n) is 2.77. The summed E-state index contributed by atoms with van der Waals surface area (Å²) in [6.45, 7) is 0. The van der Waals surface area contributed by atoms with Crippen LogP contribution < -0.4 is 0 Å². The van der Waals surface area contributed by atoms with Gasteiger partial charge in [-0.2, -0.15) is 0 Å². The van der Waals surface area contributed by atoms with Crippen LogP contribution in [0, 0.1) is 0 Å². The molecule has 0 aliphatic heterocycles. The first kappa shape index (κ1) is 7.03. The first-order chi connectivity index (χ1) is 4.30. The van der Waals surface area contributed by atoms with Gasteiger partial charge in [0.05, 0.1) is 12.2 Å². The van der Waals surface area contributed by atoms with Crippen LogP contribution in [0.2, 0.25) is 0 Å². The third-order valence-corrected chi connectivity index (χ3v) is 1.94. The average molecular weight is 130 g/mol. The molecule has 0 unspecified atom stereocenters. The van der Waals surface area contributed by atoms with Crippen molar-refractivity contribution in [3.05, 3.63) is 0 Å². The maximum atomic E-state index is 9.11. The van der Waals surface area contributed by atoms with Crippen LogP contribution in [0.15, 0.2) is 0 Å². The zero-order chi connectivity index (χ0) is 6.69. The van der Waals surface area contributed by atoms with Gasteiger partial charge in [-0.1, -0.05) is 19.3 Å². The minimum Gasteiger partial charge on any atom is -0.390 e. The van der Waals surface area contributed by atoms with Crippen molar-refractivity contribution in [1.29, 1.82) is 0 Å². The summed E-state index contributed by atoms with van der Waals surface area (Å²) < 4.78 is 0. The first-order valence-corrected chi connectivity index (χ1v) is 3.67. The van der Waals surface area contributed by atoms with E-state index in [-0.39, 0.29) is 0 Å². The Balaban J connectivity index is 2.32. The molecule has 9 heavy (non-hydrogen) atoms. The summed E-state index contributed by atoms with van der Waals surface area (Å²) in [5.41, 5.74) is 0. The second kappa shape index (κ2) is 3.18. The Morgan fingerprint density at radius 2 is 1.22 bits per heavy atom. The molecule has 0 saturated heterocycles. The number of hydrogen-bond acceptors (Lipinski definition) is 2. The van der Waals surface area contributed by atoms with E-state index in [1.165, 1.54) is 0 Å². The van der Waals surface area contributed by atoms with Gasteiger partial charge in [0, 0.05) is 0 Å². The minimum atomic E-state index is -0.451.